The average Bonchev–Trinajstić information content (AvgIpc) is 2.45. The van der Waals surface area contributed by atoms with E-state index < -0.39 is 12.5 Å². The summed E-state index contributed by atoms with van der Waals surface area (Å²) in [6.45, 7) is 6.91. The predicted molar refractivity (Wildman–Crippen MR) is 59.8 cm³/mol. The van der Waals surface area contributed by atoms with Crippen molar-refractivity contribution in [3.8, 4) is 0 Å². The number of aromatic nitrogens is 2. The first-order valence-electron chi connectivity index (χ1n) is 5.41. The highest BCUT2D eigenvalue weighted by Gasteiger charge is 2.30. The second-order valence-electron chi connectivity index (χ2n) is 4.42. The van der Waals surface area contributed by atoms with Crippen LogP contribution in [0, 0.1) is 13.8 Å². The standard InChI is InChI=1S/C11H19F2N3/c1-7(2)16-9(4)10(8(3)15-16)5-11(12,13)6-14/h7H,5-6,14H2,1-4H3. The van der Waals surface area contributed by atoms with Crippen molar-refractivity contribution < 1.29 is 8.78 Å². The van der Waals surface area contributed by atoms with Crippen LogP contribution in [-0.2, 0) is 6.42 Å². The van der Waals surface area contributed by atoms with Gasteiger partial charge in [-0.1, -0.05) is 0 Å². The van der Waals surface area contributed by atoms with Crippen LogP contribution >= 0.6 is 0 Å². The smallest absolute Gasteiger partial charge is 0.264 e. The van der Waals surface area contributed by atoms with Crippen LogP contribution in [0.2, 0.25) is 0 Å². The molecule has 92 valence electrons. The molecule has 0 aromatic carbocycles. The van der Waals surface area contributed by atoms with E-state index in [1.165, 1.54) is 0 Å². The number of halogens is 2. The lowest BCUT2D eigenvalue weighted by atomic mass is 10.1. The Morgan fingerprint density at radius 3 is 2.31 bits per heavy atom. The Balaban J connectivity index is 3.06. The van der Waals surface area contributed by atoms with E-state index in [4.69, 9.17) is 5.73 Å². The van der Waals surface area contributed by atoms with Crippen LogP contribution in [0.5, 0.6) is 0 Å². The fourth-order valence-corrected chi connectivity index (χ4v) is 1.79. The van der Waals surface area contributed by atoms with Crippen LogP contribution in [0.3, 0.4) is 0 Å². The van der Waals surface area contributed by atoms with Crippen LogP contribution in [-0.4, -0.2) is 22.2 Å². The molecular weight excluding hydrogens is 212 g/mol. The maximum atomic E-state index is 13.2. The van der Waals surface area contributed by atoms with Crippen LogP contribution in [0.25, 0.3) is 0 Å². The van der Waals surface area contributed by atoms with Crippen molar-refractivity contribution in [2.45, 2.75) is 46.1 Å². The molecule has 16 heavy (non-hydrogen) atoms. The normalized spacial score (nSPS) is 12.5. The molecular formula is C11H19F2N3. The van der Waals surface area contributed by atoms with E-state index in [1.807, 2.05) is 20.8 Å². The second kappa shape index (κ2) is 4.49. The summed E-state index contributed by atoms with van der Waals surface area (Å²) < 4.78 is 28.3. The fraction of sp³-hybridized carbons (Fsp3) is 0.727. The fourth-order valence-electron chi connectivity index (χ4n) is 1.79. The van der Waals surface area contributed by atoms with Gasteiger partial charge in [0.25, 0.3) is 5.92 Å². The van der Waals surface area contributed by atoms with Gasteiger partial charge in [0, 0.05) is 23.7 Å². The van der Waals surface area contributed by atoms with Crippen molar-refractivity contribution >= 4 is 0 Å². The number of hydrogen-bond donors (Lipinski definition) is 1. The SMILES string of the molecule is Cc1nn(C(C)C)c(C)c1CC(F)(F)CN. The Kier molecular flexibility index (Phi) is 3.68. The van der Waals surface area contributed by atoms with E-state index in [-0.39, 0.29) is 12.5 Å². The molecule has 0 aliphatic heterocycles. The van der Waals surface area contributed by atoms with E-state index in [1.54, 1.807) is 11.6 Å². The molecule has 0 saturated heterocycles. The summed E-state index contributed by atoms with van der Waals surface area (Å²) in [5.41, 5.74) is 7.13. The van der Waals surface area contributed by atoms with Gasteiger partial charge in [-0.2, -0.15) is 5.10 Å². The molecule has 0 radical (unpaired) electrons. The molecule has 0 amide bonds. The van der Waals surface area contributed by atoms with Crippen LogP contribution in [0.1, 0.15) is 36.8 Å². The Morgan fingerprint density at radius 2 is 1.94 bits per heavy atom. The van der Waals surface area contributed by atoms with Crippen molar-refractivity contribution in [2.24, 2.45) is 5.73 Å². The van der Waals surface area contributed by atoms with Crippen LogP contribution < -0.4 is 5.73 Å². The van der Waals surface area contributed by atoms with Gasteiger partial charge in [-0.3, -0.25) is 4.68 Å². The van der Waals surface area contributed by atoms with Crippen molar-refractivity contribution in [3.05, 3.63) is 17.0 Å². The molecule has 1 aromatic rings. The molecule has 0 atom stereocenters. The van der Waals surface area contributed by atoms with Gasteiger partial charge in [0.05, 0.1) is 12.2 Å². The summed E-state index contributed by atoms with van der Waals surface area (Å²) in [7, 11) is 0. The van der Waals surface area contributed by atoms with Crippen LogP contribution in [0.15, 0.2) is 0 Å². The number of nitrogens with two attached hydrogens (primary N) is 1. The number of aryl methyl sites for hydroxylation is 1. The predicted octanol–water partition coefficient (Wildman–Crippen LogP) is 2.22. The van der Waals surface area contributed by atoms with Gasteiger partial charge < -0.3 is 5.73 Å². The second-order valence-corrected chi connectivity index (χ2v) is 4.42. The number of alkyl halides is 2. The highest BCUT2D eigenvalue weighted by atomic mass is 19.3. The third kappa shape index (κ3) is 2.58. The highest BCUT2D eigenvalue weighted by Crippen LogP contribution is 2.24. The van der Waals surface area contributed by atoms with Crippen molar-refractivity contribution in [2.75, 3.05) is 6.54 Å². The summed E-state index contributed by atoms with van der Waals surface area (Å²) in [4.78, 5) is 0. The summed E-state index contributed by atoms with van der Waals surface area (Å²) >= 11 is 0. The third-order valence-electron chi connectivity index (χ3n) is 2.70. The van der Waals surface area contributed by atoms with E-state index in [0.29, 0.717) is 11.3 Å². The summed E-state index contributed by atoms with van der Waals surface area (Å²) in [5.74, 6) is -2.85. The molecule has 1 aromatic heterocycles. The molecule has 0 unspecified atom stereocenters. The number of nitrogens with zero attached hydrogens (tertiary/aromatic N) is 2. The highest BCUT2D eigenvalue weighted by molar-refractivity contribution is 5.26. The average molecular weight is 231 g/mol. The lowest BCUT2D eigenvalue weighted by molar-refractivity contribution is 0.0111. The Labute approximate surface area is 94.6 Å². The number of rotatable bonds is 4. The van der Waals surface area contributed by atoms with Gasteiger partial charge in [-0.05, 0) is 27.7 Å². The van der Waals surface area contributed by atoms with E-state index >= 15 is 0 Å². The molecule has 0 aliphatic rings. The van der Waals surface area contributed by atoms with Gasteiger partial charge in [0.2, 0.25) is 0 Å². The van der Waals surface area contributed by atoms with E-state index in [9.17, 15) is 8.78 Å². The quantitative estimate of drug-likeness (QED) is 0.863. The molecule has 1 rings (SSSR count). The lowest BCUT2D eigenvalue weighted by Crippen LogP contribution is -2.30. The molecule has 0 aliphatic carbocycles. The van der Waals surface area contributed by atoms with Crippen molar-refractivity contribution in [1.82, 2.24) is 9.78 Å². The van der Waals surface area contributed by atoms with Gasteiger partial charge in [0.15, 0.2) is 0 Å². The minimum absolute atomic E-state index is 0.180. The lowest BCUT2D eigenvalue weighted by Gasteiger charge is -2.14. The zero-order valence-electron chi connectivity index (χ0n) is 10.2. The minimum Gasteiger partial charge on any atom is -0.325 e. The van der Waals surface area contributed by atoms with Crippen molar-refractivity contribution in [1.29, 1.82) is 0 Å². The monoisotopic (exact) mass is 231 g/mol. The Bertz CT molecular complexity index is 370. The first-order valence-corrected chi connectivity index (χ1v) is 5.41. The zero-order valence-corrected chi connectivity index (χ0v) is 10.2. The maximum absolute atomic E-state index is 13.2. The summed E-state index contributed by atoms with van der Waals surface area (Å²) in [6, 6.07) is 0.180. The Hall–Kier alpha value is -0.970. The largest absolute Gasteiger partial charge is 0.325 e. The molecule has 5 heteroatoms. The summed E-state index contributed by atoms with van der Waals surface area (Å²) in [5, 5.41) is 4.27. The van der Waals surface area contributed by atoms with E-state index in [0.717, 1.165) is 5.69 Å². The van der Waals surface area contributed by atoms with Gasteiger partial charge >= 0.3 is 0 Å². The van der Waals surface area contributed by atoms with E-state index in [2.05, 4.69) is 5.10 Å². The maximum Gasteiger partial charge on any atom is 0.264 e. The summed E-state index contributed by atoms with van der Waals surface area (Å²) in [6.07, 6.45) is -0.326. The van der Waals surface area contributed by atoms with Gasteiger partial charge in [-0.25, -0.2) is 8.78 Å². The molecule has 0 spiro atoms. The molecule has 1 heterocycles. The molecule has 0 saturated carbocycles. The topological polar surface area (TPSA) is 43.8 Å². The number of hydrogen-bond acceptors (Lipinski definition) is 2. The molecule has 3 nitrogen and oxygen atoms in total. The Morgan fingerprint density at radius 1 is 1.38 bits per heavy atom. The van der Waals surface area contributed by atoms with Gasteiger partial charge in [0.1, 0.15) is 0 Å². The zero-order chi connectivity index (χ0) is 12.5. The first-order chi connectivity index (χ1) is 7.28. The minimum atomic E-state index is -2.85. The molecule has 0 bridgehead atoms. The van der Waals surface area contributed by atoms with Gasteiger partial charge in [-0.15, -0.1) is 0 Å². The van der Waals surface area contributed by atoms with Crippen LogP contribution in [0.4, 0.5) is 8.78 Å². The first kappa shape index (κ1) is 13.1. The molecule has 2 N–H and O–H groups in total. The molecule has 0 fully saturated rings. The van der Waals surface area contributed by atoms with Crippen molar-refractivity contribution in [3.63, 3.8) is 0 Å². The third-order valence-corrected chi connectivity index (χ3v) is 2.70.